The monoisotopic (exact) mass is 504 g/mol. The van der Waals surface area contributed by atoms with Crippen molar-refractivity contribution >= 4 is 59.3 Å². The Morgan fingerprint density at radius 2 is 1.38 bits per heavy atom. The van der Waals surface area contributed by atoms with Gasteiger partial charge in [0.25, 0.3) is 0 Å². The number of aromatic nitrogens is 1. The fraction of sp³-hybridized carbons (Fsp3) is 0. The van der Waals surface area contributed by atoms with Crippen molar-refractivity contribution < 1.29 is 9.60 Å². The lowest BCUT2D eigenvalue weighted by molar-refractivity contribution is 1.18. The Labute approximate surface area is 215 Å². The summed E-state index contributed by atoms with van der Waals surface area (Å²) in [7, 11) is 0. The highest BCUT2D eigenvalue weighted by Crippen LogP contribution is 2.39. The zero-order valence-corrected chi connectivity index (χ0v) is 19.4. The standard InChI is InChI=1S/C32H20BrN/c33-23-9-7-10-24(20-23)34-31-15-6-5-14-28(31)29-17-16-22(19-32(29)34)30-18-21-8-1-2-11-25(21)26-12-3-4-13-27(26)30/h1-20H/i5D,6D,14D,15D,16D,17D,19D. The van der Waals surface area contributed by atoms with Crippen LogP contribution in [0.3, 0.4) is 0 Å². The second kappa shape index (κ2) is 7.58. The van der Waals surface area contributed by atoms with Crippen molar-refractivity contribution in [1.82, 2.24) is 4.57 Å². The lowest BCUT2D eigenvalue weighted by Crippen LogP contribution is -1.94. The van der Waals surface area contributed by atoms with Crippen LogP contribution in [0, 0.1) is 0 Å². The topological polar surface area (TPSA) is 4.93 Å². The molecular formula is C32H20BrN. The van der Waals surface area contributed by atoms with Crippen molar-refractivity contribution in [3.8, 4) is 16.8 Å². The molecule has 1 aromatic heterocycles. The second-order valence-electron chi connectivity index (χ2n) is 8.20. The van der Waals surface area contributed by atoms with Gasteiger partial charge in [0, 0.05) is 20.9 Å². The van der Waals surface area contributed by atoms with Crippen LogP contribution in [0.1, 0.15) is 9.60 Å². The first-order valence-corrected chi connectivity index (χ1v) is 11.7. The van der Waals surface area contributed by atoms with E-state index in [2.05, 4.69) is 15.9 Å². The van der Waals surface area contributed by atoms with Gasteiger partial charge in [0.05, 0.1) is 20.6 Å². The predicted molar refractivity (Wildman–Crippen MR) is 149 cm³/mol. The van der Waals surface area contributed by atoms with Crippen LogP contribution >= 0.6 is 15.9 Å². The first-order valence-electron chi connectivity index (χ1n) is 14.4. The Kier molecular flexibility index (Phi) is 3.06. The number of hydrogen-bond acceptors (Lipinski definition) is 0. The van der Waals surface area contributed by atoms with Gasteiger partial charge < -0.3 is 4.57 Å². The molecule has 0 saturated heterocycles. The van der Waals surface area contributed by atoms with Gasteiger partial charge in [-0.2, -0.15) is 0 Å². The summed E-state index contributed by atoms with van der Waals surface area (Å²) in [5.41, 5.74) is 1.93. The molecule has 0 aliphatic rings. The minimum absolute atomic E-state index is 0.0190. The maximum atomic E-state index is 9.57. The van der Waals surface area contributed by atoms with E-state index < -0.39 is 12.1 Å². The van der Waals surface area contributed by atoms with Gasteiger partial charge in [-0.1, -0.05) is 101 Å². The fourth-order valence-electron chi connectivity index (χ4n) is 4.78. The van der Waals surface area contributed by atoms with E-state index in [1.807, 2.05) is 72.8 Å². The molecule has 0 aliphatic heterocycles. The quantitative estimate of drug-likeness (QED) is 0.206. The predicted octanol–water partition coefficient (Wildman–Crippen LogP) is 9.52. The normalized spacial score (nSPS) is 14.6. The third-order valence-electron chi connectivity index (χ3n) is 6.26. The highest BCUT2D eigenvalue weighted by atomic mass is 79.9. The molecule has 7 aromatic rings. The van der Waals surface area contributed by atoms with E-state index in [0.717, 1.165) is 26.0 Å². The van der Waals surface area contributed by atoms with Crippen LogP contribution in [-0.2, 0) is 0 Å². The van der Waals surface area contributed by atoms with Gasteiger partial charge >= 0.3 is 0 Å². The van der Waals surface area contributed by atoms with Gasteiger partial charge in [-0.25, -0.2) is 0 Å². The summed E-state index contributed by atoms with van der Waals surface area (Å²) < 4.78 is 64.6. The Morgan fingerprint density at radius 3 is 2.26 bits per heavy atom. The molecule has 0 atom stereocenters. The van der Waals surface area contributed by atoms with E-state index in [1.165, 1.54) is 0 Å². The summed E-state index contributed by atoms with van der Waals surface area (Å²) >= 11 is 3.50. The van der Waals surface area contributed by atoms with Crippen LogP contribution in [0.5, 0.6) is 0 Å². The Morgan fingerprint density at radius 1 is 0.618 bits per heavy atom. The van der Waals surface area contributed by atoms with Crippen LogP contribution in [-0.4, -0.2) is 4.57 Å². The van der Waals surface area contributed by atoms with Crippen molar-refractivity contribution in [3.05, 3.63) is 126 Å². The number of rotatable bonds is 2. The van der Waals surface area contributed by atoms with Gasteiger partial charge in [0.1, 0.15) is 0 Å². The summed E-state index contributed by atoms with van der Waals surface area (Å²) in [6.45, 7) is 0. The molecule has 34 heavy (non-hydrogen) atoms. The third-order valence-corrected chi connectivity index (χ3v) is 6.75. The number of halogens is 1. The average molecular weight is 505 g/mol. The van der Waals surface area contributed by atoms with Crippen LogP contribution in [0.25, 0.3) is 60.2 Å². The van der Waals surface area contributed by atoms with Crippen molar-refractivity contribution in [2.24, 2.45) is 0 Å². The maximum Gasteiger partial charge on any atom is 0.0652 e. The van der Waals surface area contributed by atoms with E-state index in [1.54, 1.807) is 10.6 Å². The Bertz CT molecular complexity index is 2250. The van der Waals surface area contributed by atoms with E-state index in [9.17, 15) is 2.74 Å². The third kappa shape index (κ3) is 2.92. The second-order valence-corrected chi connectivity index (χ2v) is 9.12. The number of fused-ring (bicyclic) bond motifs is 6. The molecule has 2 heteroatoms. The number of para-hydroxylation sites is 1. The molecule has 7 rings (SSSR count). The summed E-state index contributed by atoms with van der Waals surface area (Å²) in [6.07, 6.45) is 0. The molecule has 0 bridgehead atoms. The SMILES string of the molecule is [2H]c1c([2H])c([2H])c2c(c1[2H])c1c([2H])c([2H])c(-c3cc4ccccc4c4ccccc34)c([2H])c1n2-c1cccc(Br)c1. The molecule has 0 aliphatic carbocycles. The highest BCUT2D eigenvalue weighted by Gasteiger charge is 2.15. The molecule has 0 saturated carbocycles. The molecule has 0 spiro atoms. The Balaban J connectivity index is 1.75. The minimum atomic E-state index is -0.419. The highest BCUT2D eigenvalue weighted by molar-refractivity contribution is 9.10. The van der Waals surface area contributed by atoms with Gasteiger partial charge in [-0.05, 0) is 69.0 Å². The van der Waals surface area contributed by atoms with E-state index in [-0.39, 0.29) is 57.6 Å². The van der Waals surface area contributed by atoms with Gasteiger partial charge in [0.15, 0.2) is 0 Å². The van der Waals surface area contributed by atoms with Crippen molar-refractivity contribution in [2.45, 2.75) is 0 Å². The molecule has 0 fully saturated rings. The molecule has 0 amide bonds. The van der Waals surface area contributed by atoms with Gasteiger partial charge in [0.2, 0.25) is 0 Å². The Hall–Kier alpha value is -3.88. The molecule has 0 unspecified atom stereocenters. The molecule has 0 radical (unpaired) electrons. The zero-order chi connectivity index (χ0) is 28.7. The molecule has 1 heterocycles. The smallest absolute Gasteiger partial charge is 0.0652 e. The van der Waals surface area contributed by atoms with E-state index in [4.69, 9.17) is 6.85 Å². The fourth-order valence-corrected chi connectivity index (χ4v) is 5.17. The number of hydrogen-bond donors (Lipinski definition) is 0. The van der Waals surface area contributed by atoms with Crippen LogP contribution in [0.4, 0.5) is 0 Å². The van der Waals surface area contributed by atoms with Crippen molar-refractivity contribution in [1.29, 1.82) is 0 Å². The van der Waals surface area contributed by atoms with Gasteiger partial charge in [-0.3, -0.25) is 0 Å². The lowest BCUT2D eigenvalue weighted by atomic mass is 9.93. The lowest BCUT2D eigenvalue weighted by Gasteiger charge is -2.12. The first-order chi connectivity index (χ1) is 19.7. The van der Waals surface area contributed by atoms with Crippen molar-refractivity contribution in [3.63, 3.8) is 0 Å². The van der Waals surface area contributed by atoms with Crippen molar-refractivity contribution in [2.75, 3.05) is 0 Å². The number of nitrogens with zero attached hydrogens (tertiary/aromatic N) is 1. The van der Waals surface area contributed by atoms with E-state index >= 15 is 0 Å². The summed E-state index contributed by atoms with van der Waals surface area (Å²) in [4.78, 5) is 0. The number of benzene rings is 6. The first kappa shape index (κ1) is 13.7. The molecule has 6 aromatic carbocycles. The molecular weight excluding hydrogens is 478 g/mol. The van der Waals surface area contributed by atoms with E-state index in [0.29, 0.717) is 11.3 Å². The van der Waals surface area contributed by atoms with Crippen LogP contribution in [0.15, 0.2) is 126 Å². The summed E-state index contributed by atoms with van der Waals surface area (Å²) in [5.74, 6) is 0. The molecule has 0 N–H and O–H groups in total. The largest absolute Gasteiger partial charge is 0.309 e. The molecule has 1 nitrogen and oxygen atoms in total. The zero-order valence-electron chi connectivity index (χ0n) is 24.8. The molecule has 160 valence electrons. The van der Waals surface area contributed by atoms with Gasteiger partial charge in [-0.15, -0.1) is 0 Å². The van der Waals surface area contributed by atoms with Crippen LogP contribution in [0.2, 0.25) is 0 Å². The minimum Gasteiger partial charge on any atom is -0.309 e. The van der Waals surface area contributed by atoms with Crippen LogP contribution < -0.4 is 0 Å². The summed E-state index contributed by atoms with van der Waals surface area (Å²) in [6, 6.07) is 23.2. The average Bonchev–Trinajstić information content (AvgIpc) is 3.35. The summed E-state index contributed by atoms with van der Waals surface area (Å²) in [5, 5.41) is 4.10. The maximum absolute atomic E-state index is 9.57.